The second-order valence-corrected chi connectivity index (χ2v) is 9.16. The quantitative estimate of drug-likeness (QED) is 0.680. The fourth-order valence-electron chi connectivity index (χ4n) is 3.68. The minimum atomic E-state index is -0.886. The van der Waals surface area contributed by atoms with Crippen molar-refractivity contribution in [3.8, 4) is 0 Å². The summed E-state index contributed by atoms with van der Waals surface area (Å²) < 4.78 is 16.3. The fourth-order valence-corrected chi connectivity index (χ4v) is 3.68. The van der Waals surface area contributed by atoms with Gasteiger partial charge in [-0.25, -0.2) is 14.5 Å². The van der Waals surface area contributed by atoms with Gasteiger partial charge in [0.15, 0.2) is 0 Å². The molecule has 0 spiro atoms. The zero-order chi connectivity index (χ0) is 22.8. The number of cyclic esters (lactones) is 1. The molecule has 2 atom stereocenters. The molecule has 1 aromatic rings. The van der Waals surface area contributed by atoms with Crippen LogP contribution in [0, 0.1) is 0 Å². The van der Waals surface area contributed by atoms with Crippen molar-refractivity contribution < 1.29 is 28.6 Å². The van der Waals surface area contributed by atoms with Crippen LogP contribution in [0.2, 0.25) is 0 Å². The molecule has 168 valence electrons. The van der Waals surface area contributed by atoms with E-state index in [1.54, 1.807) is 40.7 Å². The predicted octanol–water partition coefficient (Wildman–Crippen LogP) is 3.50. The standard InChI is InChI=1S/C23H30N2O6/c1-22(2,3)31-21(28)25-17(15-30-23(25,4)5)11-12-19(26)24-18(14-29-20(24)27)13-16-9-7-6-8-10-16/h6-12,17-18H,13-15H2,1-5H3/b12-11+/t17-,18+/m1/s1. The van der Waals surface area contributed by atoms with Crippen LogP contribution in [0.25, 0.3) is 0 Å². The van der Waals surface area contributed by atoms with Crippen LogP contribution in [-0.2, 0) is 25.4 Å². The van der Waals surface area contributed by atoms with Crippen LogP contribution in [0.15, 0.2) is 42.5 Å². The summed E-state index contributed by atoms with van der Waals surface area (Å²) in [6, 6.07) is 8.73. The maximum atomic E-state index is 12.8. The Labute approximate surface area is 182 Å². The topological polar surface area (TPSA) is 85.4 Å². The smallest absolute Gasteiger partial charge is 0.417 e. The van der Waals surface area contributed by atoms with Gasteiger partial charge in [-0.3, -0.25) is 9.69 Å². The lowest BCUT2D eigenvalue weighted by Crippen LogP contribution is -2.49. The maximum Gasteiger partial charge on any atom is 0.417 e. The SMILES string of the molecule is CC(C)(C)OC(=O)N1[C@H](/C=C/C(=O)N2C(=O)OC[C@@H]2Cc2ccccc2)COC1(C)C. The molecule has 2 heterocycles. The first-order valence-corrected chi connectivity index (χ1v) is 10.4. The zero-order valence-electron chi connectivity index (χ0n) is 18.7. The number of hydrogen-bond donors (Lipinski definition) is 0. The van der Waals surface area contributed by atoms with E-state index < -0.39 is 35.5 Å². The Morgan fingerprint density at radius 2 is 1.87 bits per heavy atom. The Morgan fingerprint density at radius 3 is 2.52 bits per heavy atom. The number of carbonyl (C=O) groups excluding carboxylic acids is 3. The normalized spacial score (nSPS) is 23.3. The van der Waals surface area contributed by atoms with E-state index >= 15 is 0 Å². The number of nitrogens with zero attached hydrogens (tertiary/aromatic N) is 2. The van der Waals surface area contributed by atoms with E-state index in [0.29, 0.717) is 6.42 Å². The van der Waals surface area contributed by atoms with E-state index in [9.17, 15) is 14.4 Å². The molecule has 0 aromatic heterocycles. The van der Waals surface area contributed by atoms with Crippen molar-refractivity contribution in [3.05, 3.63) is 48.0 Å². The van der Waals surface area contributed by atoms with Gasteiger partial charge < -0.3 is 14.2 Å². The molecule has 8 nitrogen and oxygen atoms in total. The van der Waals surface area contributed by atoms with E-state index in [-0.39, 0.29) is 19.3 Å². The maximum absolute atomic E-state index is 12.8. The van der Waals surface area contributed by atoms with Crippen molar-refractivity contribution in [3.63, 3.8) is 0 Å². The first-order chi connectivity index (χ1) is 14.5. The number of rotatable bonds is 4. The van der Waals surface area contributed by atoms with Crippen molar-refractivity contribution in [2.45, 2.75) is 64.4 Å². The van der Waals surface area contributed by atoms with E-state index in [0.717, 1.165) is 10.5 Å². The molecule has 31 heavy (non-hydrogen) atoms. The molecule has 8 heteroatoms. The summed E-state index contributed by atoms with van der Waals surface area (Å²) in [6.07, 6.45) is 2.20. The largest absolute Gasteiger partial charge is 0.447 e. The molecule has 0 radical (unpaired) electrons. The highest BCUT2D eigenvalue weighted by atomic mass is 16.6. The summed E-state index contributed by atoms with van der Waals surface area (Å²) in [5.41, 5.74) is -0.540. The number of amides is 3. The molecule has 0 aliphatic carbocycles. The van der Waals surface area contributed by atoms with Crippen LogP contribution in [0.5, 0.6) is 0 Å². The molecule has 2 saturated heterocycles. The predicted molar refractivity (Wildman–Crippen MR) is 113 cm³/mol. The van der Waals surface area contributed by atoms with Crippen LogP contribution in [0.3, 0.4) is 0 Å². The molecule has 3 rings (SSSR count). The van der Waals surface area contributed by atoms with Gasteiger partial charge in [0.25, 0.3) is 5.91 Å². The van der Waals surface area contributed by atoms with Crippen LogP contribution in [0.1, 0.15) is 40.2 Å². The summed E-state index contributed by atoms with van der Waals surface area (Å²) >= 11 is 0. The highest BCUT2D eigenvalue weighted by Crippen LogP contribution is 2.30. The van der Waals surface area contributed by atoms with Gasteiger partial charge >= 0.3 is 12.2 Å². The first-order valence-electron chi connectivity index (χ1n) is 10.4. The fraction of sp³-hybridized carbons (Fsp3) is 0.522. The van der Waals surface area contributed by atoms with Crippen LogP contribution < -0.4 is 0 Å². The lowest BCUT2D eigenvalue weighted by atomic mass is 10.1. The van der Waals surface area contributed by atoms with Crippen molar-refractivity contribution >= 4 is 18.1 Å². The molecule has 0 N–H and O–H groups in total. The van der Waals surface area contributed by atoms with Gasteiger partial charge in [0.2, 0.25) is 0 Å². The van der Waals surface area contributed by atoms with E-state index in [1.165, 1.54) is 11.0 Å². The average Bonchev–Trinajstić information content (AvgIpc) is 3.18. The summed E-state index contributed by atoms with van der Waals surface area (Å²) in [7, 11) is 0. The van der Waals surface area contributed by atoms with Gasteiger partial charge in [0.1, 0.15) is 17.9 Å². The molecule has 3 amide bonds. The van der Waals surface area contributed by atoms with Crippen molar-refractivity contribution in [2.75, 3.05) is 13.2 Å². The number of hydrogen-bond acceptors (Lipinski definition) is 6. The van der Waals surface area contributed by atoms with Crippen molar-refractivity contribution in [1.82, 2.24) is 9.80 Å². The third-order valence-corrected chi connectivity index (χ3v) is 5.08. The lowest BCUT2D eigenvalue weighted by Gasteiger charge is -2.34. The molecular weight excluding hydrogens is 400 g/mol. The Morgan fingerprint density at radius 1 is 1.19 bits per heavy atom. The average molecular weight is 431 g/mol. The second-order valence-electron chi connectivity index (χ2n) is 9.16. The molecule has 2 aliphatic heterocycles. The van der Waals surface area contributed by atoms with Gasteiger partial charge in [-0.15, -0.1) is 0 Å². The van der Waals surface area contributed by atoms with Crippen LogP contribution in [0.4, 0.5) is 9.59 Å². The Kier molecular flexibility index (Phi) is 6.40. The number of ether oxygens (including phenoxy) is 3. The number of imide groups is 1. The van der Waals surface area contributed by atoms with Gasteiger partial charge in [-0.2, -0.15) is 0 Å². The van der Waals surface area contributed by atoms with E-state index in [1.807, 2.05) is 30.3 Å². The number of benzene rings is 1. The molecule has 2 fully saturated rings. The van der Waals surface area contributed by atoms with E-state index in [2.05, 4.69) is 0 Å². The Hall–Kier alpha value is -2.87. The Bertz CT molecular complexity index is 859. The van der Waals surface area contributed by atoms with Crippen molar-refractivity contribution in [1.29, 1.82) is 0 Å². The summed E-state index contributed by atoms with van der Waals surface area (Å²) in [4.78, 5) is 40.3. The minimum absolute atomic E-state index is 0.150. The molecule has 0 saturated carbocycles. The highest BCUT2D eigenvalue weighted by molar-refractivity contribution is 6.00. The van der Waals surface area contributed by atoms with Crippen LogP contribution in [-0.4, -0.2) is 64.5 Å². The van der Waals surface area contributed by atoms with Gasteiger partial charge in [0, 0.05) is 6.08 Å². The Balaban J connectivity index is 1.72. The van der Waals surface area contributed by atoms with Crippen LogP contribution >= 0.6 is 0 Å². The third kappa shape index (κ3) is 5.44. The summed E-state index contributed by atoms with van der Waals surface area (Å²) in [6.45, 7) is 9.25. The summed E-state index contributed by atoms with van der Waals surface area (Å²) in [5, 5.41) is 0. The molecule has 1 aromatic carbocycles. The number of carbonyl (C=O) groups is 3. The third-order valence-electron chi connectivity index (χ3n) is 5.08. The molecular formula is C23H30N2O6. The first kappa shape index (κ1) is 22.8. The second kappa shape index (κ2) is 8.70. The van der Waals surface area contributed by atoms with Gasteiger partial charge in [-0.05, 0) is 46.6 Å². The molecule has 0 unspecified atom stereocenters. The van der Waals surface area contributed by atoms with Gasteiger partial charge in [-0.1, -0.05) is 36.4 Å². The monoisotopic (exact) mass is 430 g/mol. The summed E-state index contributed by atoms with van der Waals surface area (Å²) in [5.74, 6) is -0.489. The zero-order valence-corrected chi connectivity index (χ0v) is 18.7. The molecule has 0 bridgehead atoms. The lowest BCUT2D eigenvalue weighted by molar-refractivity contribution is -0.124. The van der Waals surface area contributed by atoms with Crippen molar-refractivity contribution in [2.24, 2.45) is 0 Å². The van der Waals surface area contributed by atoms with E-state index in [4.69, 9.17) is 14.2 Å². The minimum Gasteiger partial charge on any atom is -0.447 e. The highest BCUT2D eigenvalue weighted by Gasteiger charge is 2.45. The molecule has 2 aliphatic rings. The van der Waals surface area contributed by atoms with Gasteiger partial charge in [0.05, 0.1) is 18.7 Å².